The maximum absolute atomic E-state index is 12.1. The topological polar surface area (TPSA) is 86.0 Å². The van der Waals surface area contributed by atoms with Crippen molar-refractivity contribution in [3.05, 3.63) is 46.1 Å². The van der Waals surface area contributed by atoms with Gasteiger partial charge in [-0.3, -0.25) is 9.78 Å². The molecule has 1 aliphatic rings. The molecule has 0 saturated heterocycles. The van der Waals surface area contributed by atoms with Crippen LogP contribution < -0.4 is 5.32 Å². The summed E-state index contributed by atoms with van der Waals surface area (Å²) in [5.41, 5.74) is 2.42. The van der Waals surface area contributed by atoms with Gasteiger partial charge in [0, 0.05) is 29.6 Å². The molecule has 0 fully saturated rings. The first kappa shape index (κ1) is 15.7. The molecule has 0 saturated carbocycles. The summed E-state index contributed by atoms with van der Waals surface area (Å²) in [4.78, 5) is 17.3. The van der Waals surface area contributed by atoms with Gasteiger partial charge in [0.2, 0.25) is 5.91 Å². The van der Waals surface area contributed by atoms with Crippen LogP contribution in [0.2, 0.25) is 0 Å². The molecule has 5 nitrogen and oxygen atoms in total. The van der Waals surface area contributed by atoms with Crippen LogP contribution in [0.1, 0.15) is 34.5 Å². The Morgan fingerprint density at radius 3 is 3.13 bits per heavy atom. The summed E-state index contributed by atoms with van der Waals surface area (Å²) in [6.45, 7) is 0. The molecule has 1 amide bonds. The fourth-order valence-electron chi connectivity index (χ4n) is 2.75. The van der Waals surface area contributed by atoms with Gasteiger partial charge >= 0.3 is 0 Å². The second-order valence-electron chi connectivity index (χ2n) is 5.59. The highest BCUT2D eigenvalue weighted by Crippen LogP contribution is 2.37. The Bertz CT molecular complexity index is 749. The number of rotatable bonds is 4. The maximum Gasteiger partial charge on any atom is 0.225 e. The van der Waals surface area contributed by atoms with Crippen LogP contribution in [0.3, 0.4) is 0 Å². The first-order valence-corrected chi connectivity index (χ1v) is 8.41. The monoisotopic (exact) mass is 327 g/mol. The number of pyridine rings is 1. The molecule has 2 aromatic rings. The minimum Gasteiger partial charge on any atom is -0.393 e. The van der Waals surface area contributed by atoms with Gasteiger partial charge in [-0.15, -0.1) is 11.3 Å². The number of aromatic nitrogens is 1. The predicted octanol–water partition coefficient (Wildman–Crippen LogP) is 2.44. The summed E-state index contributed by atoms with van der Waals surface area (Å²) in [7, 11) is 0. The van der Waals surface area contributed by atoms with Crippen LogP contribution in [0.15, 0.2) is 24.4 Å². The van der Waals surface area contributed by atoms with E-state index >= 15 is 0 Å². The molecule has 0 aromatic carbocycles. The highest BCUT2D eigenvalue weighted by atomic mass is 32.1. The molecule has 0 radical (unpaired) electrons. The lowest BCUT2D eigenvalue weighted by atomic mass is 9.94. The highest BCUT2D eigenvalue weighted by molar-refractivity contribution is 7.16. The van der Waals surface area contributed by atoms with Crippen LogP contribution in [0.25, 0.3) is 0 Å². The van der Waals surface area contributed by atoms with Gasteiger partial charge in [-0.25, -0.2) is 0 Å². The molecule has 1 atom stereocenters. The summed E-state index contributed by atoms with van der Waals surface area (Å²) < 4.78 is 0. The Kier molecular flexibility index (Phi) is 4.70. The van der Waals surface area contributed by atoms with E-state index in [9.17, 15) is 15.2 Å². The normalized spacial score (nSPS) is 16.4. The summed E-state index contributed by atoms with van der Waals surface area (Å²) in [5.74, 6) is -0.119. The van der Waals surface area contributed by atoms with Crippen molar-refractivity contribution in [3.8, 4) is 6.07 Å². The predicted molar refractivity (Wildman–Crippen MR) is 88.3 cm³/mol. The van der Waals surface area contributed by atoms with Gasteiger partial charge in [-0.2, -0.15) is 5.26 Å². The van der Waals surface area contributed by atoms with E-state index in [0.717, 1.165) is 16.1 Å². The number of hydrogen-bond acceptors (Lipinski definition) is 5. The lowest BCUT2D eigenvalue weighted by Gasteiger charge is -2.16. The molecule has 1 aliphatic carbocycles. The van der Waals surface area contributed by atoms with Crippen molar-refractivity contribution >= 4 is 22.2 Å². The molecule has 0 spiro atoms. The average Bonchev–Trinajstić information content (AvgIpc) is 2.89. The number of aliphatic hydroxyl groups excluding tert-OH is 1. The third-order valence-electron chi connectivity index (χ3n) is 3.94. The number of anilines is 1. The number of aliphatic hydroxyl groups is 1. The van der Waals surface area contributed by atoms with E-state index in [2.05, 4.69) is 16.4 Å². The van der Waals surface area contributed by atoms with Gasteiger partial charge < -0.3 is 10.4 Å². The van der Waals surface area contributed by atoms with Crippen molar-refractivity contribution in [3.63, 3.8) is 0 Å². The van der Waals surface area contributed by atoms with Gasteiger partial charge in [0.15, 0.2) is 0 Å². The van der Waals surface area contributed by atoms with Crippen molar-refractivity contribution in [1.82, 2.24) is 4.98 Å². The van der Waals surface area contributed by atoms with Crippen LogP contribution >= 0.6 is 11.3 Å². The summed E-state index contributed by atoms with van der Waals surface area (Å²) in [6.07, 6.45) is 4.19. The Hall–Kier alpha value is -2.23. The van der Waals surface area contributed by atoms with E-state index in [1.165, 1.54) is 11.3 Å². The Morgan fingerprint density at radius 1 is 1.52 bits per heavy atom. The van der Waals surface area contributed by atoms with Crippen LogP contribution in [-0.4, -0.2) is 22.1 Å². The van der Waals surface area contributed by atoms with Crippen molar-refractivity contribution in [2.24, 2.45) is 0 Å². The number of thiophene rings is 1. The molecular weight excluding hydrogens is 310 g/mol. The molecule has 118 valence electrons. The number of carbonyl (C=O) groups excluding carboxylic acids is 1. The van der Waals surface area contributed by atoms with E-state index in [0.29, 0.717) is 42.7 Å². The quantitative estimate of drug-likeness (QED) is 0.903. The molecule has 2 N–H and O–H groups in total. The fourth-order valence-corrected chi connectivity index (χ4v) is 4.04. The molecular formula is C17H17N3O2S. The average molecular weight is 327 g/mol. The second-order valence-corrected chi connectivity index (χ2v) is 6.69. The lowest BCUT2D eigenvalue weighted by Crippen LogP contribution is -2.17. The molecule has 3 rings (SSSR count). The zero-order valence-electron chi connectivity index (χ0n) is 12.6. The van der Waals surface area contributed by atoms with Crippen molar-refractivity contribution in [1.29, 1.82) is 5.26 Å². The third-order valence-corrected chi connectivity index (χ3v) is 5.11. The largest absolute Gasteiger partial charge is 0.393 e. The third kappa shape index (κ3) is 3.58. The zero-order chi connectivity index (χ0) is 16.2. The smallest absolute Gasteiger partial charge is 0.225 e. The summed E-state index contributed by atoms with van der Waals surface area (Å²) >= 11 is 1.41. The van der Waals surface area contributed by atoms with E-state index in [1.54, 1.807) is 6.20 Å². The standard InChI is InChI=1S/C17H17N3O2S/c18-10-14-13-6-5-12(21)9-15(13)23-17(14)20-16(22)7-4-11-3-1-2-8-19-11/h1-3,8,12,21H,4-7,9H2,(H,20,22). The van der Waals surface area contributed by atoms with Gasteiger partial charge in [0.1, 0.15) is 11.1 Å². The Balaban J connectivity index is 1.68. The Labute approximate surface area is 138 Å². The minimum absolute atomic E-state index is 0.119. The first-order valence-electron chi connectivity index (χ1n) is 7.60. The molecule has 2 heterocycles. The zero-order valence-corrected chi connectivity index (χ0v) is 13.4. The maximum atomic E-state index is 12.1. The Morgan fingerprint density at radius 2 is 2.39 bits per heavy atom. The second kappa shape index (κ2) is 6.90. The van der Waals surface area contributed by atoms with Crippen LogP contribution in [0, 0.1) is 11.3 Å². The lowest BCUT2D eigenvalue weighted by molar-refractivity contribution is -0.116. The number of carbonyl (C=O) groups is 1. The highest BCUT2D eigenvalue weighted by Gasteiger charge is 2.25. The number of aryl methyl sites for hydroxylation is 1. The minimum atomic E-state index is -0.347. The summed E-state index contributed by atoms with van der Waals surface area (Å²) in [5, 5.41) is 22.6. The van der Waals surface area contributed by atoms with Gasteiger partial charge in [0.05, 0.1) is 11.7 Å². The first-order chi connectivity index (χ1) is 11.2. The molecule has 23 heavy (non-hydrogen) atoms. The van der Waals surface area contributed by atoms with Crippen LogP contribution in [-0.2, 0) is 24.1 Å². The van der Waals surface area contributed by atoms with Gasteiger partial charge in [0.25, 0.3) is 0 Å². The van der Waals surface area contributed by atoms with E-state index in [-0.39, 0.29) is 12.0 Å². The van der Waals surface area contributed by atoms with E-state index in [1.807, 2.05) is 18.2 Å². The van der Waals surface area contributed by atoms with Crippen molar-refractivity contribution < 1.29 is 9.90 Å². The molecule has 0 bridgehead atoms. The fraction of sp³-hybridized carbons (Fsp3) is 0.353. The molecule has 0 aliphatic heterocycles. The van der Waals surface area contributed by atoms with Crippen molar-refractivity contribution in [2.45, 2.75) is 38.2 Å². The SMILES string of the molecule is N#Cc1c(NC(=O)CCc2ccccn2)sc2c1CCC(O)C2. The number of hydrogen-bond donors (Lipinski definition) is 2. The molecule has 1 unspecified atom stereocenters. The number of amides is 1. The summed E-state index contributed by atoms with van der Waals surface area (Å²) in [6, 6.07) is 7.82. The number of nitrogens with one attached hydrogen (secondary N) is 1. The van der Waals surface area contributed by atoms with Gasteiger partial charge in [-0.1, -0.05) is 6.07 Å². The van der Waals surface area contributed by atoms with E-state index < -0.39 is 0 Å². The molecule has 6 heteroatoms. The number of fused-ring (bicyclic) bond motifs is 1. The molecule has 2 aromatic heterocycles. The van der Waals surface area contributed by atoms with Gasteiger partial charge in [-0.05, 0) is 37.0 Å². The van der Waals surface area contributed by atoms with E-state index in [4.69, 9.17) is 0 Å². The van der Waals surface area contributed by atoms with Crippen LogP contribution in [0.4, 0.5) is 5.00 Å². The number of nitrogens with zero attached hydrogens (tertiary/aromatic N) is 2. The van der Waals surface area contributed by atoms with Crippen LogP contribution in [0.5, 0.6) is 0 Å². The number of nitriles is 1. The van der Waals surface area contributed by atoms with Crippen molar-refractivity contribution in [2.75, 3.05) is 5.32 Å².